The van der Waals surface area contributed by atoms with E-state index in [1.54, 1.807) is 6.92 Å². The molecular formula is C7H10Cl2N4O2S. The van der Waals surface area contributed by atoms with Crippen LogP contribution in [0.1, 0.15) is 6.92 Å². The minimum absolute atomic E-state index is 0.00144. The first-order valence-corrected chi connectivity index (χ1v) is 7.02. The SMILES string of the molecule is CCS(=O)(=O)CCNc1nc(Cl)nnc1Cl. The lowest BCUT2D eigenvalue weighted by atomic mass is 10.6. The van der Waals surface area contributed by atoms with Crippen LogP contribution < -0.4 is 5.32 Å². The molecular weight excluding hydrogens is 275 g/mol. The number of anilines is 1. The largest absolute Gasteiger partial charge is 0.366 e. The number of aromatic nitrogens is 3. The molecule has 1 rings (SSSR count). The molecule has 0 unspecified atom stereocenters. The van der Waals surface area contributed by atoms with Gasteiger partial charge in [0.05, 0.1) is 5.75 Å². The van der Waals surface area contributed by atoms with Crippen molar-refractivity contribution in [3.8, 4) is 0 Å². The third kappa shape index (κ3) is 4.07. The monoisotopic (exact) mass is 284 g/mol. The summed E-state index contributed by atoms with van der Waals surface area (Å²) in [6.45, 7) is 1.79. The third-order valence-electron chi connectivity index (χ3n) is 1.77. The molecule has 1 heterocycles. The van der Waals surface area contributed by atoms with Crippen LogP contribution in [0.15, 0.2) is 0 Å². The molecule has 0 spiro atoms. The number of nitrogens with zero attached hydrogens (tertiary/aromatic N) is 3. The predicted octanol–water partition coefficient (Wildman–Crippen LogP) is 1.03. The van der Waals surface area contributed by atoms with Gasteiger partial charge in [-0.25, -0.2) is 8.42 Å². The highest BCUT2D eigenvalue weighted by atomic mass is 35.5. The van der Waals surface area contributed by atoms with Crippen molar-refractivity contribution in [1.29, 1.82) is 0 Å². The molecule has 0 aliphatic heterocycles. The minimum Gasteiger partial charge on any atom is -0.366 e. The summed E-state index contributed by atoms with van der Waals surface area (Å²) >= 11 is 11.2. The smallest absolute Gasteiger partial charge is 0.245 e. The predicted molar refractivity (Wildman–Crippen MR) is 62.7 cm³/mol. The van der Waals surface area contributed by atoms with Gasteiger partial charge in [0.15, 0.2) is 20.8 Å². The lowest BCUT2D eigenvalue weighted by Gasteiger charge is -2.05. The van der Waals surface area contributed by atoms with Gasteiger partial charge in [-0.2, -0.15) is 4.98 Å². The second kappa shape index (κ2) is 5.60. The summed E-state index contributed by atoms with van der Waals surface area (Å²) in [6.07, 6.45) is 0. The van der Waals surface area contributed by atoms with Crippen LogP contribution in [-0.2, 0) is 9.84 Å². The van der Waals surface area contributed by atoms with Crippen molar-refractivity contribution < 1.29 is 8.42 Å². The van der Waals surface area contributed by atoms with E-state index >= 15 is 0 Å². The number of hydrogen-bond acceptors (Lipinski definition) is 6. The Labute approximate surface area is 103 Å². The van der Waals surface area contributed by atoms with E-state index in [0.717, 1.165) is 0 Å². The summed E-state index contributed by atoms with van der Waals surface area (Å²) in [7, 11) is -3.01. The van der Waals surface area contributed by atoms with Crippen molar-refractivity contribution in [1.82, 2.24) is 15.2 Å². The highest BCUT2D eigenvalue weighted by Crippen LogP contribution is 2.15. The fourth-order valence-corrected chi connectivity index (χ4v) is 1.85. The number of halogens is 2. The zero-order valence-corrected chi connectivity index (χ0v) is 10.8. The van der Waals surface area contributed by atoms with Gasteiger partial charge in [0, 0.05) is 12.3 Å². The molecule has 0 fully saturated rings. The molecule has 6 nitrogen and oxygen atoms in total. The average Bonchev–Trinajstić information content (AvgIpc) is 2.23. The average molecular weight is 285 g/mol. The Balaban J connectivity index is 2.59. The van der Waals surface area contributed by atoms with Crippen molar-refractivity contribution in [2.24, 2.45) is 0 Å². The molecule has 0 saturated heterocycles. The van der Waals surface area contributed by atoms with E-state index in [1.807, 2.05) is 0 Å². The van der Waals surface area contributed by atoms with Crippen LogP contribution in [0.25, 0.3) is 0 Å². The Hall–Kier alpha value is -0.660. The molecule has 90 valence electrons. The molecule has 0 amide bonds. The maximum atomic E-state index is 11.2. The molecule has 1 aromatic rings. The molecule has 0 aliphatic rings. The molecule has 0 radical (unpaired) electrons. The highest BCUT2D eigenvalue weighted by Gasteiger charge is 2.09. The van der Waals surface area contributed by atoms with Crippen LogP contribution in [0.4, 0.5) is 5.82 Å². The number of nitrogens with one attached hydrogen (secondary N) is 1. The van der Waals surface area contributed by atoms with E-state index in [9.17, 15) is 8.42 Å². The Bertz CT molecular complexity index is 465. The molecule has 1 aromatic heterocycles. The van der Waals surface area contributed by atoms with Crippen LogP contribution in [0.2, 0.25) is 10.4 Å². The second-order valence-corrected chi connectivity index (χ2v) is 6.05. The summed E-state index contributed by atoms with van der Waals surface area (Å²) in [5, 5.41) is 9.69. The fraction of sp³-hybridized carbons (Fsp3) is 0.571. The van der Waals surface area contributed by atoms with Gasteiger partial charge >= 0.3 is 0 Å². The normalized spacial score (nSPS) is 11.4. The first-order valence-electron chi connectivity index (χ1n) is 4.44. The second-order valence-electron chi connectivity index (χ2n) is 2.88. The van der Waals surface area contributed by atoms with Gasteiger partial charge in [0.1, 0.15) is 0 Å². The van der Waals surface area contributed by atoms with E-state index in [4.69, 9.17) is 23.2 Å². The molecule has 0 saturated carbocycles. The van der Waals surface area contributed by atoms with E-state index in [0.29, 0.717) is 0 Å². The maximum Gasteiger partial charge on any atom is 0.245 e. The van der Waals surface area contributed by atoms with Gasteiger partial charge in [0.25, 0.3) is 0 Å². The van der Waals surface area contributed by atoms with Crippen molar-refractivity contribution in [2.45, 2.75) is 6.92 Å². The summed E-state index contributed by atoms with van der Waals surface area (Å²) in [6, 6.07) is 0. The summed E-state index contributed by atoms with van der Waals surface area (Å²) in [5.41, 5.74) is 0. The molecule has 0 bridgehead atoms. The van der Waals surface area contributed by atoms with Gasteiger partial charge in [0.2, 0.25) is 5.28 Å². The molecule has 1 N–H and O–H groups in total. The van der Waals surface area contributed by atoms with Crippen LogP contribution in [-0.4, -0.2) is 41.6 Å². The van der Waals surface area contributed by atoms with Crippen molar-refractivity contribution in [3.05, 3.63) is 10.4 Å². The van der Waals surface area contributed by atoms with Gasteiger partial charge in [-0.05, 0) is 11.6 Å². The van der Waals surface area contributed by atoms with E-state index in [2.05, 4.69) is 20.5 Å². The molecule has 0 aromatic carbocycles. The number of sulfone groups is 1. The zero-order chi connectivity index (χ0) is 12.2. The Kier molecular flexibility index (Phi) is 4.69. The third-order valence-corrected chi connectivity index (χ3v) is 3.89. The molecule has 9 heteroatoms. The van der Waals surface area contributed by atoms with Gasteiger partial charge in [-0.15, -0.1) is 10.2 Å². The molecule has 0 aliphatic carbocycles. The Morgan fingerprint density at radius 3 is 2.62 bits per heavy atom. The Morgan fingerprint density at radius 2 is 2.00 bits per heavy atom. The lowest BCUT2D eigenvalue weighted by Crippen LogP contribution is -2.18. The summed E-state index contributed by atoms with van der Waals surface area (Å²) < 4.78 is 22.4. The van der Waals surface area contributed by atoms with E-state index < -0.39 is 9.84 Å². The van der Waals surface area contributed by atoms with Crippen molar-refractivity contribution in [2.75, 3.05) is 23.4 Å². The number of rotatable bonds is 5. The van der Waals surface area contributed by atoms with Crippen LogP contribution in [0.3, 0.4) is 0 Å². The van der Waals surface area contributed by atoms with Crippen molar-refractivity contribution in [3.63, 3.8) is 0 Å². The topological polar surface area (TPSA) is 84.8 Å². The first-order chi connectivity index (χ1) is 7.44. The van der Waals surface area contributed by atoms with Gasteiger partial charge in [-0.3, -0.25) is 0 Å². The van der Waals surface area contributed by atoms with Crippen LogP contribution in [0.5, 0.6) is 0 Å². The van der Waals surface area contributed by atoms with Crippen molar-refractivity contribution >= 4 is 38.9 Å². The van der Waals surface area contributed by atoms with Crippen LogP contribution in [0, 0.1) is 0 Å². The fourth-order valence-electron chi connectivity index (χ4n) is 0.875. The van der Waals surface area contributed by atoms with E-state index in [-0.39, 0.29) is 34.3 Å². The van der Waals surface area contributed by atoms with E-state index in [1.165, 1.54) is 0 Å². The number of hydrogen-bond donors (Lipinski definition) is 1. The molecule has 16 heavy (non-hydrogen) atoms. The Morgan fingerprint density at radius 1 is 1.31 bits per heavy atom. The summed E-state index contributed by atoms with van der Waals surface area (Å²) in [4.78, 5) is 3.77. The van der Waals surface area contributed by atoms with Gasteiger partial charge < -0.3 is 5.32 Å². The molecule has 0 atom stereocenters. The first kappa shape index (κ1) is 13.4. The standard InChI is InChI=1S/C7H10Cl2N4O2S/c1-2-16(14,15)4-3-10-6-5(8)12-13-7(9)11-6/h2-4H2,1H3,(H,10,11,13). The maximum absolute atomic E-state index is 11.2. The summed E-state index contributed by atoms with van der Waals surface area (Å²) in [5.74, 6) is 0.333. The highest BCUT2D eigenvalue weighted by molar-refractivity contribution is 7.91. The minimum atomic E-state index is -3.01. The van der Waals surface area contributed by atoms with Gasteiger partial charge in [-0.1, -0.05) is 18.5 Å². The quantitative estimate of drug-likeness (QED) is 0.869. The zero-order valence-electron chi connectivity index (χ0n) is 8.44. The lowest BCUT2D eigenvalue weighted by molar-refractivity contribution is 0.597. The van der Waals surface area contributed by atoms with Crippen LogP contribution >= 0.6 is 23.2 Å².